The minimum atomic E-state index is -0.140. The molecule has 1 aromatic rings. The lowest BCUT2D eigenvalue weighted by molar-refractivity contribution is -0.124. The van der Waals surface area contributed by atoms with Crippen LogP contribution >= 0.6 is 0 Å². The lowest BCUT2D eigenvalue weighted by Crippen LogP contribution is -2.40. The number of aromatic nitrogens is 1. The number of imide groups is 1. The molecule has 5 aliphatic rings. The molecule has 21 heavy (non-hydrogen) atoms. The third kappa shape index (κ3) is 1.33. The standard InChI is InChI=1S/C17H16N2O2/c1-8-3-2-4-13(18-8)19-16(20)14-9-5-6-10(12-7-11(9)12)15(14)17(19)21/h2-6,9-12,14-15H,7H2,1H3/t9-,10-,11-,12-,14+,15+/m1/s1. The Kier molecular flexibility index (Phi) is 2.01. The van der Waals surface area contributed by atoms with Gasteiger partial charge in [-0.15, -0.1) is 0 Å². The fourth-order valence-corrected chi connectivity index (χ4v) is 4.84. The van der Waals surface area contributed by atoms with Crippen molar-refractivity contribution in [1.82, 2.24) is 4.98 Å². The Labute approximate surface area is 122 Å². The zero-order chi connectivity index (χ0) is 14.3. The van der Waals surface area contributed by atoms with Gasteiger partial charge in [0.25, 0.3) is 0 Å². The van der Waals surface area contributed by atoms with E-state index in [9.17, 15) is 9.59 Å². The maximum Gasteiger partial charge on any atom is 0.239 e. The molecule has 2 heterocycles. The molecule has 1 aromatic heterocycles. The van der Waals surface area contributed by atoms with E-state index in [-0.39, 0.29) is 35.5 Å². The van der Waals surface area contributed by atoms with Gasteiger partial charge in [0.15, 0.2) is 0 Å². The Hall–Kier alpha value is -1.97. The molecular weight excluding hydrogens is 264 g/mol. The smallest absolute Gasteiger partial charge is 0.239 e. The van der Waals surface area contributed by atoms with Crippen LogP contribution in [0.5, 0.6) is 0 Å². The van der Waals surface area contributed by atoms with Crippen LogP contribution in [0.3, 0.4) is 0 Å². The molecule has 0 unspecified atom stereocenters. The number of nitrogens with zero attached hydrogens (tertiary/aromatic N) is 2. The molecule has 1 saturated heterocycles. The van der Waals surface area contributed by atoms with Crippen molar-refractivity contribution in [1.29, 1.82) is 0 Å². The summed E-state index contributed by atoms with van der Waals surface area (Å²) in [4.78, 5) is 31.4. The number of carbonyl (C=O) groups is 2. The average molecular weight is 280 g/mol. The average Bonchev–Trinajstić information content (AvgIpc) is 3.24. The first kappa shape index (κ1) is 11.7. The molecule has 0 aromatic carbocycles. The molecule has 0 spiro atoms. The maximum atomic E-state index is 12.8. The molecule has 0 radical (unpaired) electrons. The van der Waals surface area contributed by atoms with E-state index >= 15 is 0 Å². The Bertz CT molecular complexity index is 674. The molecule has 6 rings (SSSR count). The lowest BCUT2D eigenvalue weighted by atomic mass is 9.63. The SMILES string of the molecule is Cc1cccc(N2C(=O)[C@H]3[C@@H]4C=C[C@H]([C@H]5C[C@H]45)[C@@H]3C2=O)n1. The van der Waals surface area contributed by atoms with Crippen LogP contribution in [-0.4, -0.2) is 16.8 Å². The van der Waals surface area contributed by atoms with Gasteiger partial charge in [-0.25, -0.2) is 9.88 Å². The summed E-state index contributed by atoms with van der Waals surface area (Å²) in [6.07, 6.45) is 5.58. The van der Waals surface area contributed by atoms with Gasteiger partial charge in [0.05, 0.1) is 11.8 Å². The molecule has 0 N–H and O–H groups in total. The quantitative estimate of drug-likeness (QED) is 0.583. The molecule has 4 aliphatic carbocycles. The second kappa shape index (κ2) is 3.62. The van der Waals surface area contributed by atoms with E-state index in [4.69, 9.17) is 0 Å². The molecule has 6 atom stereocenters. The highest BCUT2D eigenvalue weighted by Crippen LogP contribution is 2.65. The number of aryl methyl sites for hydroxylation is 1. The van der Waals surface area contributed by atoms with Gasteiger partial charge in [-0.05, 0) is 49.1 Å². The number of anilines is 1. The normalized spacial score (nSPS) is 42.2. The number of hydrogen-bond donors (Lipinski definition) is 0. The predicted octanol–water partition coefficient (Wildman–Crippen LogP) is 1.95. The van der Waals surface area contributed by atoms with Crippen molar-refractivity contribution in [2.45, 2.75) is 13.3 Å². The molecule has 4 nitrogen and oxygen atoms in total. The van der Waals surface area contributed by atoms with E-state index < -0.39 is 0 Å². The molecule has 4 heteroatoms. The number of hydrogen-bond acceptors (Lipinski definition) is 3. The number of pyridine rings is 1. The molecule has 3 fully saturated rings. The van der Waals surface area contributed by atoms with Gasteiger partial charge in [-0.1, -0.05) is 18.2 Å². The highest BCUT2D eigenvalue weighted by atomic mass is 16.2. The predicted molar refractivity (Wildman–Crippen MR) is 76.2 cm³/mol. The summed E-state index contributed by atoms with van der Waals surface area (Å²) < 4.78 is 0. The highest BCUT2D eigenvalue weighted by Gasteiger charge is 2.67. The summed E-state index contributed by atoms with van der Waals surface area (Å²) in [5.74, 6) is 1.98. The van der Waals surface area contributed by atoms with Gasteiger partial charge in [0.2, 0.25) is 11.8 Å². The van der Waals surface area contributed by atoms with E-state index in [0.717, 1.165) is 5.69 Å². The molecule has 2 amide bonds. The second-order valence-electron chi connectivity index (χ2n) is 6.80. The molecule has 2 bridgehead atoms. The monoisotopic (exact) mass is 280 g/mol. The van der Waals surface area contributed by atoms with Gasteiger partial charge in [0, 0.05) is 5.69 Å². The number of rotatable bonds is 1. The van der Waals surface area contributed by atoms with Crippen molar-refractivity contribution in [2.75, 3.05) is 4.90 Å². The van der Waals surface area contributed by atoms with E-state index in [1.165, 1.54) is 11.3 Å². The van der Waals surface area contributed by atoms with Gasteiger partial charge in [0.1, 0.15) is 5.82 Å². The Morgan fingerprint density at radius 3 is 2.24 bits per heavy atom. The van der Waals surface area contributed by atoms with E-state index in [1.54, 1.807) is 6.07 Å². The highest BCUT2D eigenvalue weighted by molar-refractivity contribution is 6.22. The first-order valence-corrected chi connectivity index (χ1v) is 7.66. The summed E-state index contributed by atoms with van der Waals surface area (Å²) in [5, 5.41) is 0. The first-order chi connectivity index (χ1) is 10.2. The third-order valence-corrected chi connectivity index (χ3v) is 5.77. The van der Waals surface area contributed by atoms with Crippen LogP contribution in [-0.2, 0) is 9.59 Å². The molecule has 1 aliphatic heterocycles. The summed E-state index contributed by atoms with van der Waals surface area (Å²) in [6.45, 7) is 1.88. The zero-order valence-corrected chi connectivity index (χ0v) is 11.8. The Morgan fingerprint density at radius 2 is 1.67 bits per heavy atom. The zero-order valence-electron chi connectivity index (χ0n) is 11.8. The minimum absolute atomic E-state index is 0.0344. The van der Waals surface area contributed by atoms with Crippen LogP contribution in [0.15, 0.2) is 30.4 Å². The van der Waals surface area contributed by atoms with Crippen LogP contribution in [0.25, 0.3) is 0 Å². The number of allylic oxidation sites excluding steroid dienone is 2. The van der Waals surface area contributed by atoms with Gasteiger partial charge >= 0.3 is 0 Å². The maximum absolute atomic E-state index is 12.8. The molecular formula is C17H16N2O2. The fraction of sp³-hybridized carbons (Fsp3) is 0.471. The summed E-state index contributed by atoms with van der Waals surface area (Å²) >= 11 is 0. The van der Waals surface area contributed by atoms with Crippen LogP contribution in [0.1, 0.15) is 12.1 Å². The van der Waals surface area contributed by atoms with Crippen LogP contribution < -0.4 is 4.90 Å². The van der Waals surface area contributed by atoms with E-state index in [2.05, 4.69) is 17.1 Å². The molecule has 2 saturated carbocycles. The Morgan fingerprint density at radius 1 is 1.05 bits per heavy atom. The van der Waals surface area contributed by atoms with Crippen LogP contribution in [0, 0.1) is 42.4 Å². The molecule has 106 valence electrons. The third-order valence-electron chi connectivity index (χ3n) is 5.77. The minimum Gasteiger partial charge on any atom is -0.274 e. The van der Waals surface area contributed by atoms with Crippen molar-refractivity contribution in [3.05, 3.63) is 36.0 Å². The fourth-order valence-electron chi connectivity index (χ4n) is 4.84. The van der Waals surface area contributed by atoms with Crippen molar-refractivity contribution < 1.29 is 9.59 Å². The van der Waals surface area contributed by atoms with Crippen LogP contribution in [0.4, 0.5) is 5.82 Å². The van der Waals surface area contributed by atoms with Crippen molar-refractivity contribution in [3.8, 4) is 0 Å². The largest absolute Gasteiger partial charge is 0.274 e. The van der Waals surface area contributed by atoms with Crippen LogP contribution in [0.2, 0.25) is 0 Å². The number of amides is 2. The van der Waals surface area contributed by atoms with Gasteiger partial charge in [-0.3, -0.25) is 9.59 Å². The van der Waals surface area contributed by atoms with Crippen molar-refractivity contribution >= 4 is 17.6 Å². The Balaban J connectivity index is 1.60. The van der Waals surface area contributed by atoms with E-state index in [0.29, 0.717) is 17.7 Å². The lowest BCUT2D eigenvalue weighted by Gasteiger charge is -2.37. The first-order valence-electron chi connectivity index (χ1n) is 7.66. The second-order valence-corrected chi connectivity index (χ2v) is 6.80. The number of carbonyl (C=O) groups excluding carboxylic acids is 2. The van der Waals surface area contributed by atoms with Crippen molar-refractivity contribution in [3.63, 3.8) is 0 Å². The van der Waals surface area contributed by atoms with Crippen molar-refractivity contribution in [2.24, 2.45) is 35.5 Å². The summed E-state index contributed by atoms with van der Waals surface area (Å²) in [5.41, 5.74) is 0.826. The topological polar surface area (TPSA) is 50.3 Å². The van der Waals surface area contributed by atoms with Gasteiger partial charge in [-0.2, -0.15) is 0 Å². The summed E-state index contributed by atoms with van der Waals surface area (Å²) in [7, 11) is 0. The summed E-state index contributed by atoms with van der Waals surface area (Å²) in [6, 6.07) is 5.49. The van der Waals surface area contributed by atoms with E-state index in [1.807, 2.05) is 19.1 Å². The van der Waals surface area contributed by atoms with Gasteiger partial charge < -0.3 is 0 Å².